The monoisotopic (exact) mass is 487 g/mol. The molecule has 0 saturated heterocycles. The van der Waals surface area contributed by atoms with E-state index in [1.54, 1.807) is 36.3 Å². The highest BCUT2D eigenvalue weighted by Gasteiger charge is 2.21. The molecular formula is C24H26ClN3O4S. The molecule has 0 N–H and O–H groups in total. The highest BCUT2D eigenvalue weighted by Crippen LogP contribution is 2.39. The lowest BCUT2D eigenvalue weighted by Crippen LogP contribution is -2.38. The molecule has 2 aromatic carbocycles. The number of hydrogen-bond acceptors (Lipinski definition) is 7. The number of carbonyl (C=O) groups excluding carboxylic acids is 1. The van der Waals surface area contributed by atoms with Crippen LogP contribution < -0.4 is 19.1 Å². The third-order valence-corrected chi connectivity index (χ3v) is 7.05. The predicted octanol–water partition coefficient (Wildman–Crippen LogP) is 5.08. The van der Waals surface area contributed by atoms with Crippen molar-refractivity contribution in [1.29, 1.82) is 0 Å². The minimum atomic E-state index is -0.158. The van der Waals surface area contributed by atoms with Crippen molar-refractivity contribution in [2.24, 2.45) is 0 Å². The van der Waals surface area contributed by atoms with Crippen molar-refractivity contribution in [3.8, 4) is 17.2 Å². The number of ether oxygens (including phenoxy) is 3. The average Bonchev–Trinajstić information content (AvgIpc) is 3.48. The smallest absolute Gasteiger partial charge is 0.252 e. The van der Waals surface area contributed by atoms with Crippen molar-refractivity contribution < 1.29 is 19.0 Å². The quantitative estimate of drug-likeness (QED) is 0.392. The Kier molecular flexibility index (Phi) is 7.37. The second-order valence-corrected chi connectivity index (χ2v) is 8.77. The van der Waals surface area contributed by atoms with Gasteiger partial charge in [-0.3, -0.25) is 9.69 Å². The summed E-state index contributed by atoms with van der Waals surface area (Å²) in [6, 6.07) is 9.16. The van der Waals surface area contributed by atoms with Gasteiger partial charge in [0.25, 0.3) is 5.91 Å². The van der Waals surface area contributed by atoms with E-state index in [0.717, 1.165) is 29.9 Å². The summed E-state index contributed by atoms with van der Waals surface area (Å²) >= 11 is 7.80. The maximum Gasteiger partial charge on any atom is 0.252 e. The molecule has 0 unspecified atom stereocenters. The maximum atomic E-state index is 13.3. The normalized spacial score (nSPS) is 12.8. The number of benzene rings is 2. The topological polar surface area (TPSA) is 64.1 Å². The molecule has 0 saturated carbocycles. The van der Waals surface area contributed by atoms with Crippen LogP contribution >= 0.6 is 22.9 Å². The first-order chi connectivity index (χ1) is 16.0. The summed E-state index contributed by atoms with van der Waals surface area (Å²) in [5.74, 6) is 1.86. The molecule has 4 rings (SSSR count). The van der Waals surface area contributed by atoms with E-state index in [-0.39, 0.29) is 12.7 Å². The lowest BCUT2D eigenvalue weighted by molar-refractivity contribution is -0.114. The van der Waals surface area contributed by atoms with Crippen molar-refractivity contribution in [3.05, 3.63) is 47.0 Å². The summed E-state index contributed by atoms with van der Waals surface area (Å²) in [5, 5.41) is 1.17. The molecule has 2 heterocycles. The fourth-order valence-corrected chi connectivity index (χ4v) is 4.86. The molecule has 0 aliphatic carbocycles. The van der Waals surface area contributed by atoms with Crippen LogP contribution in [0.4, 0.5) is 5.13 Å². The molecule has 1 aromatic heterocycles. The molecular weight excluding hydrogens is 462 g/mol. The zero-order chi connectivity index (χ0) is 23.4. The molecule has 9 heteroatoms. The zero-order valence-electron chi connectivity index (χ0n) is 18.8. The Morgan fingerprint density at radius 3 is 2.73 bits per heavy atom. The van der Waals surface area contributed by atoms with Crippen molar-refractivity contribution in [3.63, 3.8) is 0 Å². The number of nitrogens with zero attached hydrogens (tertiary/aromatic N) is 3. The number of thiazole rings is 1. The summed E-state index contributed by atoms with van der Waals surface area (Å²) in [6.45, 7) is 7.48. The van der Waals surface area contributed by atoms with E-state index in [2.05, 4.69) is 18.7 Å². The maximum absolute atomic E-state index is 13.3. The molecule has 33 heavy (non-hydrogen) atoms. The highest BCUT2D eigenvalue weighted by molar-refractivity contribution is 7.23. The fourth-order valence-electron chi connectivity index (χ4n) is 3.58. The summed E-state index contributed by atoms with van der Waals surface area (Å²) in [4.78, 5) is 22.0. The van der Waals surface area contributed by atoms with Gasteiger partial charge in [-0.15, -0.1) is 0 Å². The van der Waals surface area contributed by atoms with Crippen LogP contribution in [0.2, 0.25) is 5.02 Å². The molecule has 0 bridgehead atoms. The Balaban J connectivity index is 1.63. The number of halogens is 1. The molecule has 0 spiro atoms. The summed E-state index contributed by atoms with van der Waals surface area (Å²) < 4.78 is 17.0. The summed E-state index contributed by atoms with van der Waals surface area (Å²) in [7, 11) is 1.60. The van der Waals surface area contributed by atoms with E-state index in [0.29, 0.717) is 39.5 Å². The fraction of sp³-hybridized carbons (Fsp3) is 0.333. The first kappa shape index (κ1) is 23.4. The van der Waals surface area contributed by atoms with Crippen molar-refractivity contribution in [2.75, 3.05) is 45.0 Å². The Labute approximate surface area is 202 Å². The number of amides is 1. The summed E-state index contributed by atoms with van der Waals surface area (Å²) in [5.41, 5.74) is 1.51. The SMILES string of the molecule is CCN(CC)CCN(C(=O)/C=C/c1ccc2c(c1)OCO2)c1nc2c(OC)ccc(Cl)c2s1. The number of hydrogen-bond donors (Lipinski definition) is 0. The second-order valence-electron chi connectivity index (χ2n) is 7.39. The Morgan fingerprint density at radius 1 is 1.18 bits per heavy atom. The minimum absolute atomic E-state index is 0.158. The Bertz CT molecular complexity index is 1180. The van der Waals surface area contributed by atoms with Crippen LogP contribution in [0.5, 0.6) is 17.2 Å². The first-order valence-electron chi connectivity index (χ1n) is 10.8. The van der Waals surface area contributed by atoms with Crippen molar-refractivity contribution >= 4 is 50.3 Å². The zero-order valence-corrected chi connectivity index (χ0v) is 20.4. The van der Waals surface area contributed by atoms with Gasteiger partial charge < -0.3 is 19.1 Å². The molecule has 0 atom stereocenters. The molecule has 1 aliphatic rings. The lowest BCUT2D eigenvalue weighted by atomic mass is 10.2. The van der Waals surface area contributed by atoms with Crippen molar-refractivity contribution in [2.45, 2.75) is 13.8 Å². The number of rotatable bonds is 9. The van der Waals surface area contributed by atoms with Crippen LogP contribution in [-0.2, 0) is 4.79 Å². The van der Waals surface area contributed by atoms with E-state index < -0.39 is 0 Å². The molecule has 174 valence electrons. The third-order valence-electron chi connectivity index (χ3n) is 5.51. The Morgan fingerprint density at radius 2 is 1.97 bits per heavy atom. The van der Waals surface area contributed by atoms with Crippen LogP contribution in [0, 0.1) is 0 Å². The van der Waals surface area contributed by atoms with Crippen LogP contribution in [0.3, 0.4) is 0 Å². The van der Waals surface area contributed by atoms with Crippen LogP contribution in [0.25, 0.3) is 16.3 Å². The summed E-state index contributed by atoms with van der Waals surface area (Å²) in [6.07, 6.45) is 3.33. The minimum Gasteiger partial charge on any atom is -0.494 e. The molecule has 1 aliphatic heterocycles. The van der Waals surface area contributed by atoms with E-state index in [9.17, 15) is 4.79 Å². The van der Waals surface area contributed by atoms with Gasteiger partial charge in [0.1, 0.15) is 11.3 Å². The van der Waals surface area contributed by atoms with Gasteiger partial charge in [-0.05, 0) is 49.0 Å². The second kappa shape index (κ2) is 10.4. The molecule has 0 radical (unpaired) electrons. The van der Waals surface area contributed by atoms with Crippen LogP contribution in [0.15, 0.2) is 36.4 Å². The lowest BCUT2D eigenvalue weighted by Gasteiger charge is -2.23. The number of likely N-dealkylation sites (N-methyl/N-ethyl adjacent to an activating group) is 1. The van der Waals surface area contributed by atoms with Gasteiger partial charge in [0, 0.05) is 19.2 Å². The van der Waals surface area contributed by atoms with E-state index >= 15 is 0 Å². The number of fused-ring (bicyclic) bond motifs is 2. The van der Waals surface area contributed by atoms with Gasteiger partial charge in [-0.25, -0.2) is 4.98 Å². The number of anilines is 1. The van der Waals surface area contributed by atoms with Gasteiger partial charge in [0.05, 0.1) is 16.8 Å². The van der Waals surface area contributed by atoms with Crippen LogP contribution in [-0.4, -0.2) is 55.9 Å². The average molecular weight is 488 g/mol. The number of methoxy groups -OCH3 is 1. The van der Waals surface area contributed by atoms with E-state index in [1.807, 2.05) is 18.2 Å². The van der Waals surface area contributed by atoms with Gasteiger partial charge in [0.2, 0.25) is 6.79 Å². The van der Waals surface area contributed by atoms with Gasteiger partial charge in [-0.2, -0.15) is 0 Å². The van der Waals surface area contributed by atoms with Crippen molar-refractivity contribution in [1.82, 2.24) is 9.88 Å². The molecule has 3 aromatic rings. The number of aromatic nitrogens is 1. The van der Waals surface area contributed by atoms with E-state index in [1.165, 1.54) is 11.3 Å². The molecule has 7 nitrogen and oxygen atoms in total. The molecule has 1 amide bonds. The number of carbonyl (C=O) groups is 1. The van der Waals surface area contributed by atoms with E-state index in [4.69, 9.17) is 30.8 Å². The van der Waals surface area contributed by atoms with Gasteiger partial charge in [0.15, 0.2) is 16.6 Å². The standard InChI is InChI=1S/C24H26ClN3O4S/c1-4-27(5-2)12-13-28(24-26-22-19(30-3)10-8-17(25)23(22)33-24)21(29)11-7-16-6-9-18-20(14-16)32-15-31-18/h6-11,14H,4-5,12-13,15H2,1-3H3/b11-7+. The third kappa shape index (κ3) is 5.08. The Hall–Kier alpha value is -2.81. The van der Waals surface area contributed by atoms with Gasteiger partial charge in [-0.1, -0.05) is 42.9 Å². The molecule has 0 fully saturated rings. The highest BCUT2D eigenvalue weighted by atomic mass is 35.5. The first-order valence-corrected chi connectivity index (χ1v) is 12.0. The van der Waals surface area contributed by atoms with Crippen LogP contribution in [0.1, 0.15) is 19.4 Å². The largest absolute Gasteiger partial charge is 0.494 e. The predicted molar refractivity (Wildman–Crippen MR) is 133 cm³/mol. The van der Waals surface area contributed by atoms with Gasteiger partial charge >= 0.3 is 0 Å².